The number of carbonyl (C=O) groups excluding carboxylic acids is 2. The van der Waals surface area contributed by atoms with Crippen molar-refractivity contribution in [3.63, 3.8) is 0 Å². The number of hydrogen-bond acceptors (Lipinski definition) is 7. The Labute approximate surface area is 176 Å². The lowest BCUT2D eigenvalue weighted by atomic mass is 10.2. The average Bonchev–Trinajstić information content (AvgIpc) is 2.90. The zero-order valence-electron chi connectivity index (χ0n) is 15.7. The second kappa shape index (κ2) is 8.69. The van der Waals surface area contributed by atoms with Crippen LogP contribution >= 0.6 is 0 Å². The third-order valence-electron chi connectivity index (χ3n) is 4.29. The molecule has 13 heteroatoms. The Bertz CT molecular complexity index is 1250. The van der Waals surface area contributed by atoms with Gasteiger partial charge >= 0.3 is 5.97 Å². The van der Waals surface area contributed by atoms with Crippen molar-refractivity contribution in [1.29, 1.82) is 0 Å². The number of nitrogens with one attached hydrogen (secondary N) is 1. The van der Waals surface area contributed by atoms with Crippen LogP contribution in [0, 0.1) is 11.6 Å². The molecule has 0 spiro atoms. The van der Waals surface area contributed by atoms with Gasteiger partial charge in [-0.2, -0.15) is 0 Å². The highest BCUT2D eigenvalue weighted by atomic mass is 32.2. The van der Waals surface area contributed by atoms with Gasteiger partial charge in [-0.25, -0.2) is 34.6 Å². The fourth-order valence-corrected chi connectivity index (χ4v) is 5.38. The molecule has 1 amide bonds. The Morgan fingerprint density at radius 1 is 1.10 bits per heavy atom. The fraction of sp³-hybridized carbons (Fsp3) is 0.222. The minimum absolute atomic E-state index is 0.0282. The van der Waals surface area contributed by atoms with Crippen LogP contribution in [0.5, 0.6) is 0 Å². The molecule has 0 radical (unpaired) electrons. The molecule has 31 heavy (non-hydrogen) atoms. The molecule has 1 aliphatic heterocycles. The molecule has 1 heterocycles. The smallest absolute Gasteiger partial charge is 0.307 e. The first-order valence-electron chi connectivity index (χ1n) is 8.80. The van der Waals surface area contributed by atoms with Crippen LogP contribution in [0.15, 0.2) is 52.3 Å². The van der Waals surface area contributed by atoms with Gasteiger partial charge in [-0.05, 0) is 30.3 Å². The van der Waals surface area contributed by atoms with Gasteiger partial charge in [0.2, 0.25) is 10.0 Å². The van der Waals surface area contributed by atoms with Gasteiger partial charge in [0.15, 0.2) is 11.6 Å². The quantitative estimate of drug-likeness (QED) is 0.566. The second-order valence-corrected chi connectivity index (χ2v) is 9.92. The van der Waals surface area contributed by atoms with E-state index in [0.29, 0.717) is 16.4 Å². The summed E-state index contributed by atoms with van der Waals surface area (Å²) in [7, 11) is -8.20. The number of esters is 1. The Morgan fingerprint density at radius 2 is 1.81 bits per heavy atom. The van der Waals surface area contributed by atoms with Crippen LogP contribution in [0.4, 0.5) is 8.78 Å². The molecule has 0 bridgehead atoms. The van der Waals surface area contributed by atoms with Crippen molar-refractivity contribution in [2.24, 2.45) is 0 Å². The largest absolute Gasteiger partial charge is 0.464 e. The lowest BCUT2D eigenvalue weighted by Gasteiger charge is -2.15. The van der Waals surface area contributed by atoms with Crippen LogP contribution in [0.1, 0.15) is 16.8 Å². The third-order valence-corrected chi connectivity index (χ3v) is 7.59. The molecule has 0 saturated heterocycles. The van der Waals surface area contributed by atoms with E-state index in [2.05, 4.69) is 0 Å². The molecule has 166 valence electrons. The standard InChI is InChI=1S/C18H16F2N2O7S2/c19-14-6-5-12(11-15(14)20)30(25,26)21-8-7-17(23)29-10-9-22-18(24)13-3-1-2-4-16(13)31(22,27)28/h1-6,11,21H,7-10H2. The van der Waals surface area contributed by atoms with Crippen LogP contribution in [0.25, 0.3) is 0 Å². The Morgan fingerprint density at radius 3 is 2.48 bits per heavy atom. The first-order valence-corrected chi connectivity index (χ1v) is 11.7. The SMILES string of the molecule is O=C(CCNS(=O)(=O)c1ccc(F)c(F)c1)OCCN1C(=O)c2ccccc2S1(=O)=O. The highest BCUT2D eigenvalue weighted by Gasteiger charge is 2.40. The summed E-state index contributed by atoms with van der Waals surface area (Å²) in [5.41, 5.74) is 0.0282. The number of hydrogen-bond donors (Lipinski definition) is 1. The molecule has 3 rings (SSSR count). The number of amides is 1. The summed E-state index contributed by atoms with van der Waals surface area (Å²) in [4.78, 5) is 23.4. The monoisotopic (exact) mass is 474 g/mol. The number of nitrogens with zero attached hydrogens (tertiary/aromatic N) is 1. The molecule has 0 aromatic heterocycles. The molecule has 0 aliphatic carbocycles. The van der Waals surface area contributed by atoms with E-state index < -0.39 is 74.6 Å². The number of carbonyl (C=O) groups is 2. The minimum atomic E-state index is -4.18. The van der Waals surface area contributed by atoms with E-state index in [0.717, 1.165) is 6.07 Å². The molecule has 2 aromatic carbocycles. The summed E-state index contributed by atoms with van der Waals surface area (Å²) in [5, 5.41) is 0. The minimum Gasteiger partial charge on any atom is -0.464 e. The van der Waals surface area contributed by atoms with Crippen LogP contribution in [0.2, 0.25) is 0 Å². The zero-order valence-corrected chi connectivity index (χ0v) is 17.4. The number of fused-ring (bicyclic) bond motifs is 1. The number of halogens is 2. The van der Waals surface area contributed by atoms with E-state index in [4.69, 9.17) is 4.74 Å². The molecule has 0 saturated carbocycles. The topological polar surface area (TPSA) is 127 Å². The molecule has 1 N–H and O–H groups in total. The summed E-state index contributed by atoms with van der Waals surface area (Å²) in [6.07, 6.45) is -0.413. The second-order valence-electron chi connectivity index (χ2n) is 6.32. The maximum atomic E-state index is 13.2. The maximum Gasteiger partial charge on any atom is 0.307 e. The summed E-state index contributed by atoms with van der Waals surface area (Å²) in [6.45, 7) is -1.22. The molecule has 2 aromatic rings. The number of sulfonamides is 2. The van der Waals surface area contributed by atoms with Gasteiger partial charge in [-0.15, -0.1) is 0 Å². The normalized spacial score (nSPS) is 15.0. The molecule has 0 atom stereocenters. The Balaban J connectivity index is 1.48. The summed E-state index contributed by atoms with van der Waals surface area (Å²) in [5.74, 6) is -4.12. The zero-order chi connectivity index (χ0) is 22.8. The predicted molar refractivity (Wildman–Crippen MR) is 102 cm³/mol. The van der Waals surface area contributed by atoms with Gasteiger partial charge in [0.05, 0.1) is 23.4 Å². The summed E-state index contributed by atoms with van der Waals surface area (Å²) >= 11 is 0. The van der Waals surface area contributed by atoms with Gasteiger partial charge in [0, 0.05) is 6.54 Å². The fourth-order valence-electron chi connectivity index (χ4n) is 2.78. The van der Waals surface area contributed by atoms with Gasteiger partial charge in [-0.1, -0.05) is 12.1 Å². The van der Waals surface area contributed by atoms with E-state index in [1.807, 2.05) is 4.72 Å². The van der Waals surface area contributed by atoms with Crippen LogP contribution in [-0.2, 0) is 29.6 Å². The molecule has 1 aliphatic rings. The van der Waals surface area contributed by atoms with Crippen molar-refractivity contribution in [1.82, 2.24) is 9.03 Å². The van der Waals surface area contributed by atoms with Crippen LogP contribution in [0.3, 0.4) is 0 Å². The number of ether oxygens (including phenoxy) is 1. The summed E-state index contributed by atoms with van der Waals surface area (Å²) in [6, 6.07) is 7.70. The lowest BCUT2D eigenvalue weighted by Crippen LogP contribution is -2.34. The Hall–Kier alpha value is -2.90. The van der Waals surface area contributed by atoms with Gasteiger partial charge in [0.1, 0.15) is 11.5 Å². The molecule has 0 fully saturated rings. The highest BCUT2D eigenvalue weighted by molar-refractivity contribution is 7.90. The first-order chi connectivity index (χ1) is 14.5. The van der Waals surface area contributed by atoms with Crippen molar-refractivity contribution in [2.45, 2.75) is 16.2 Å². The lowest BCUT2D eigenvalue weighted by molar-refractivity contribution is -0.143. The van der Waals surface area contributed by atoms with Crippen molar-refractivity contribution in [3.05, 3.63) is 59.7 Å². The van der Waals surface area contributed by atoms with E-state index in [9.17, 15) is 35.2 Å². The average molecular weight is 474 g/mol. The highest BCUT2D eigenvalue weighted by Crippen LogP contribution is 2.29. The van der Waals surface area contributed by atoms with E-state index in [1.165, 1.54) is 24.3 Å². The van der Waals surface area contributed by atoms with E-state index in [-0.39, 0.29) is 10.5 Å². The predicted octanol–water partition coefficient (Wildman–Crippen LogP) is 1.02. The van der Waals surface area contributed by atoms with Crippen molar-refractivity contribution >= 4 is 31.9 Å². The van der Waals surface area contributed by atoms with Crippen molar-refractivity contribution in [3.8, 4) is 0 Å². The third kappa shape index (κ3) is 4.73. The van der Waals surface area contributed by atoms with Crippen LogP contribution < -0.4 is 4.72 Å². The van der Waals surface area contributed by atoms with Crippen molar-refractivity contribution < 1.29 is 39.9 Å². The number of rotatable bonds is 8. The molecule has 0 unspecified atom stereocenters. The Kier molecular flexibility index (Phi) is 6.38. The van der Waals surface area contributed by atoms with Gasteiger partial charge < -0.3 is 4.74 Å². The van der Waals surface area contributed by atoms with Crippen LogP contribution in [-0.4, -0.2) is 52.7 Å². The summed E-state index contributed by atoms with van der Waals surface area (Å²) < 4.78 is 82.4. The molecular weight excluding hydrogens is 458 g/mol. The van der Waals surface area contributed by atoms with Crippen molar-refractivity contribution in [2.75, 3.05) is 19.7 Å². The molecule has 9 nitrogen and oxygen atoms in total. The molecular formula is C18H16F2N2O7S2. The number of benzene rings is 2. The first kappa shape index (κ1) is 22.8. The van der Waals surface area contributed by atoms with E-state index >= 15 is 0 Å². The maximum absolute atomic E-state index is 13.2. The van der Waals surface area contributed by atoms with E-state index in [1.54, 1.807) is 0 Å². The van der Waals surface area contributed by atoms with Gasteiger partial charge in [-0.3, -0.25) is 9.59 Å². The van der Waals surface area contributed by atoms with Gasteiger partial charge in [0.25, 0.3) is 15.9 Å².